The number of amides is 4. The number of pyridine rings is 1. The zero-order valence-corrected chi connectivity index (χ0v) is 18.9. The normalized spacial score (nSPS) is 13.4. The van der Waals surface area contributed by atoms with Gasteiger partial charge in [-0.05, 0) is 54.1 Å². The molecule has 3 heterocycles. The van der Waals surface area contributed by atoms with E-state index in [4.69, 9.17) is 0 Å². The van der Waals surface area contributed by atoms with Gasteiger partial charge in [0, 0.05) is 34.3 Å². The minimum Gasteiger partial charge on any atom is -0.329 e. The van der Waals surface area contributed by atoms with E-state index >= 15 is 0 Å². The second-order valence-corrected chi connectivity index (χ2v) is 8.85. The summed E-state index contributed by atoms with van der Waals surface area (Å²) in [6.07, 6.45) is 3.99. The molecule has 0 aliphatic carbocycles. The molecule has 0 bridgehead atoms. The summed E-state index contributed by atoms with van der Waals surface area (Å²) in [4.78, 5) is 43.1. The van der Waals surface area contributed by atoms with Crippen LogP contribution in [-0.4, -0.2) is 38.7 Å². The first-order chi connectivity index (χ1) is 16.5. The Bertz CT molecular complexity index is 1330. The summed E-state index contributed by atoms with van der Waals surface area (Å²) in [5, 5.41) is 5.37. The van der Waals surface area contributed by atoms with Crippen molar-refractivity contribution >= 4 is 40.9 Å². The molecule has 1 saturated heterocycles. The van der Waals surface area contributed by atoms with E-state index in [1.54, 1.807) is 42.1 Å². The molecule has 8 nitrogen and oxygen atoms in total. The first-order valence-electron chi connectivity index (χ1n) is 10.7. The van der Waals surface area contributed by atoms with Crippen LogP contribution >= 0.6 is 11.8 Å². The fraction of sp³-hybridized carbons (Fsp3) is 0.120. The van der Waals surface area contributed by atoms with Gasteiger partial charge in [0.25, 0.3) is 5.91 Å². The van der Waals surface area contributed by atoms with Gasteiger partial charge in [0.15, 0.2) is 0 Å². The van der Waals surface area contributed by atoms with Crippen LogP contribution in [0.5, 0.6) is 0 Å². The van der Waals surface area contributed by atoms with E-state index in [0.717, 1.165) is 32.5 Å². The van der Waals surface area contributed by atoms with E-state index in [1.165, 1.54) is 0 Å². The van der Waals surface area contributed by atoms with Crippen LogP contribution < -0.4 is 10.6 Å². The SMILES string of the molecule is O=C(Nc1cccc(CN2C(=O)CNC2=O)c1)c1ccc(SCc2cn3ccccc3n2)cc1. The second kappa shape index (κ2) is 9.40. The van der Waals surface area contributed by atoms with Gasteiger partial charge in [-0.2, -0.15) is 0 Å². The quantitative estimate of drug-likeness (QED) is 0.315. The molecule has 0 spiro atoms. The number of imidazole rings is 1. The standard InChI is InChI=1S/C25H21N5O3S/c31-23-13-26-25(33)30(23)14-17-4-3-5-19(12-17)28-24(32)18-7-9-21(10-8-18)34-16-20-15-29-11-2-1-6-22(29)27-20/h1-12,15H,13-14,16H2,(H,26,33)(H,28,32). The molecule has 2 aromatic heterocycles. The van der Waals surface area contributed by atoms with Gasteiger partial charge in [0.05, 0.1) is 18.8 Å². The number of nitrogens with zero attached hydrogens (tertiary/aromatic N) is 3. The third-order valence-electron chi connectivity index (χ3n) is 5.38. The Balaban J connectivity index is 1.19. The van der Waals surface area contributed by atoms with Crippen molar-refractivity contribution in [3.05, 3.63) is 95.9 Å². The predicted octanol–water partition coefficient (Wildman–Crippen LogP) is 3.93. The molecular weight excluding hydrogens is 450 g/mol. The number of hydrogen-bond acceptors (Lipinski definition) is 5. The molecular formula is C25H21N5O3S. The van der Waals surface area contributed by atoms with Crippen LogP contribution in [0.1, 0.15) is 21.6 Å². The first kappa shape index (κ1) is 21.7. The lowest BCUT2D eigenvalue weighted by Gasteiger charge is -2.13. The molecule has 0 atom stereocenters. The van der Waals surface area contributed by atoms with Crippen molar-refractivity contribution in [2.45, 2.75) is 17.2 Å². The molecule has 0 unspecified atom stereocenters. The molecule has 2 aromatic carbocycles. The number of aromatic nitrogens is 2. The van der Waals surface area contributed by atoms with E-state index in [2.05, 4.69) is 15.6 Å². The maximum atomic E-state index is 12.7. The fourth-order valence-electron chi connectivity index (χ4n) is 3.67. The summed E-state index contributed by atoms with van der Waals surface area (Å²) in [5.74, 6) is 0.236. The number of thioether (sulfide) groups is 1. The summed E-state index contributed by atoms with van der Waals surface area (Å²) in [6, 6.07) is 20.0. The van der Waals surface area contributed by atoms with Crippen LogP contribution in [0.3, 0.4) is 0 Å². The number of fused-ring (bicyclic) bond motifs is 1. The van der Waals surface area contributed by atoms with Gasteiger partial charge in [0.2, 0.25) is 5.91 Å². The molecule has 0 radical (unpaired) electrons. The lowest BCUT2D eigenvalue weighted by atomic mass is 10.1. The Kier molecular flexibility index (Phi) is 6.01. The van der Waals surface area contributed by atoms with Crippen molar-refractivity contribution in [3.8, 4) is 0 Å². The summed E-state index contributed by atoms with van der Waals surface area (Å²) >= 11 is 1.66. The number of carbonyl (C=O) groups is 3. The van der Waals surface area contributed by atoms with E-state index in [0.29, 0.717) is 11.3 Å². The minimum absolute atomic E-state index is 0.0164. The van der Waals surface area contributed by atoms with Crippen LogP contribution in [0.15, 0.2) is 84.0 Å². The first-order valence-corrected chi connectivity index (χ1v) is 11.7. The summed E-state index contributed by atoms with van der Waals surface area (Å²) in [7, 11) is 0. The van der Waals surface area contributed by atoms with Gasteiger partial charge in [-0.15, -0.1) is 11.8 Å². The van der Waals surface area contributed by atoms with Gasteiger partial charge in [-0.25, -0.2) is 9.78 Å². The van der Waals surface area contributed by atoms with Gasteiger partial charge in [0.1, 0.15) is 5.65 Å². The number of carbonyl (C=O) groups excluding carboxylic acids is 3. The average molecular weight is 472 g/mol. The third-order valence-corrected chi connectivity index (χ3v) is 6.43. The topological polar surface area (TPSA) is 95.8 Å². The highest BCUT2D eigenvalue weighted by molar-refractivity contribution is 7.98. The van der Waals surface area contributed by atoms with Crippen molar-refractivity contribution in [1.82, 2.24) is 19.6 Å². The van der Waals surface area contributed by atoms with Crippen molar-refractivity contribution in [2.75, 3.05) is 11.9 Å². The van der Waals surface area contributed by atoms with Crippen molar-refractivity contribution in [2.24, 2.45) is 0 Å². The Morgan fingerprint density at radius 1 is 1.06 bits per heavy atom. The highest BCUT2D eigenvalue weighted by Gasteiger charge is 2.28. The van der Waals surface area contributed by atoms with Crippen LogP contribution in [0.2, 0.25) is 0 Å². The van der Waals surface area contributed by atoms with Crippen LogP contribution in [-0.2, 0) is 17.1 Å². The smallest absolute Gasteiger partial charge is 0.324 e. The zero-order valence-electron chi connectivity index (χ0n) is 18.1. The Morgan fingerprint density at radius 3 is 2.68 bits per heavy atom. The van der Waals surface area contributed by atoms with Crippen molar-refractivity contribution < 1.29 is 14.4 Å². The highest BCUT2D eigenvalue weighted by Crippen LogP contribution is 2.23. The number of benzene rings is 2. The van der Waals surface area contributed by atoms with Gasteiger partial charge < -0.3 is 15.0 Å². The average Bonchev–Trinajstić information content (AvgIpc) is 3.41. The van der Waals surface area contributed by atoms with Gasteiger partial charge in [-0.3, -0.25) is 14.5 Å². The van der Waals surface area contributed by atoms with E-state index < -0.39 is 6.03 Å². The summed E-state index contributed by atoms with van der Waals surface area (Å²) < 4.78 is 2.00. The largest absolute Gasteiger partial charge is 0.329 e. The number of nitrogens with one attached hydrogen (secondary N) is 2. The molecule has 4 aromatic rings. The lowest BCUT2D eigenvalue weighted by Crippen LogP contribution is -2.30. The number of anilines is 1. The van der Waals surface area contributed by atoms with Crippen molar-refractivity contribution in [3.63, 3.8) is 0 Å². The Hall–Kier alpha value is -4.11. The maximum absolute atomic E-state index is 12.7. The second-order valence-electron chi connectivity index (χ2n) is 7.80. The van der Waals surface area contributed by atoms with Gasteiger partial charge in [-0.1, -0.05) is 18.2 Å². The maximum Gasteiger partial charge on any atom is 0.324 e. The molecule has 1 fully saturated rings. The number of imide groups is 1. The summed E-state index contributed by atoms with van der Waals surface area (Å²) in [6.45, 7) is 0.176. The highest BCUT2D eigenvalue weighted by atomic mass is 32.2. The van der Waals surface area contributed by atoms with Crippen LogP contribution in [0.25, 0.3) is 5.65 Å². The molecule has 1 aliphatic heterocycles. The van der Waals surface area contributed by atoms with Gasteiger partial charge >= 0.3 is 6.03 Å². The Morgan fingerprint density at radius 2 is 1.91 bits per heavy atom. The lowest BCUT2D eigenvalue weighted by molar-refractivity contribution is -0.125. The molecule has 9 heteroatoms. The zero-order chi connectivity index (χ0) is 23.5. The minimum atomic E-state index is -0.404. The number of rotatable bonds is 7. The summed E-state index contributed by atoms with van der Waals surface area (Å²) in [5.41, 5.74) is 3.80. The predicted molar refractivity (Wildman–Crippen MR) is 130 cm³/mol. The monoisotopic (exact) mass is 471 g/mol. The van der Waals surface area contributed by atoms with Crippen LogP contribution in [0, 0.1) is 0 Å². The molecule has 34 heavy (non-hydrogen) atoms. The van der Waals surface area contributed by atoms with E-state index in [-0.39, 0.29) is 24.9 Å². The van der Waals surface area contributed by atoms with Crippen molar-refractivity contribution in [1.29, 1.82) is 0 Å². The number of urea groups is 1. The van der Waals surface area contributed by atoms with E-state index in [9.17, 15) is 14.4 Å². The third kappa shape index (κ3) is 4.79. The molecule has 1 aliphatic rings. The molecule has 2 N–H and O–H groups in total. The number of hydrogen-bond donors (Lipinski definition) is 2. The Labute approximate surface area is 200 Å². The molecule has 0 saturated carbocycles. The van der Waals surface area contributed by atoms with E-state index in [1.807, 2.05) is 53.2 Å². The molecule has 4 amide bonds. The molecule has 170 valence electrons. The fourth-order valence-corrected chi connectivity index (χ4v) is 4.45. The molecule has 5 rings (SSSR count). The van der Waals surface area contributed by atoms with Crippen LogP contribution in [0.4, 0.5) is 10.5 Å².